The van der Waals surface area contributed by atoms with Crippen molar-refractivity contribution in [2.45, 2.75) is 13.3 Å². The van der Waals surface area contributed by atoms with Crippen LogP contribution in [0.4, 0.5) is 0 Å². The first kappa shape index (κ1) is 19.2. The Labute approximate surface area is 143 Å². The summed E-state index contributed by atoms with van der Waals surface area (Å²) in [6.07, 6.45) is 0.855. The number of amides is 1. The fraction of sp³-hybridized carbons (Fsp3) is 0.467. The number of hydrogen-bond acceptors (Lipinski definition) is 5. The molecule has 0 fully saturated rings. The molecule has 0 heterocycles. The highest BCUT2D eigenvalue weighted by molar-refractivity contribution is 9.10. The number of benzene rings is 1. The number of rotatable bonds is 10. The van der Waals surface area contributed by atoms with E-state index in [0.29, 0.717) is 28.1 Å². The van der Waals surface area contributed by atoms with E-state index < -0.39 is 12.6 Å². The van der Waals surface area contributed by atoms with Crippen LogP contribution in [0.5, 0.6) is 11.5 Å². The van der Waals surface area contributed by atoms with Gasteiger partial charge in [-0.1, -0.05) is 6.92 Å². The summed E-state index contributed by atoms with van der Waals surface area (Å²) in [5, 5.41) is 11.1. The first-order valence-electron chi connectivity index (χ1n) is 7.07. The minimum absolute atomic E-state index is 0.119. The van der Waals surface area contributed by atoms with Gasteiger partial charge in [0, 0.05) is 12.1 Å². The summed E-state index contributed by atoms with van der Waals surface area (Å²) < 4.78 is 16.3. The molecule has 0 spiro atoms. The van der Waals surface area contributed by atoms with Gasteiger partial charge >= 0.3 is 5.97 Å². The molecule has 0 unspecified atom stereocenters. The van der Waals surface area contributed by atoms with Crippen LogP contribution in [-0.4, -0.2) is 50.5 Å². The largest absolute Gasteiger partial charge is 0.493 e. The Kier molecular flexibility index (Phi) is 8.42. The maximum Gasteiger partial charge on any atom is 0.329 e. The van der Waals surface area contributed by atoms with E-state index >= 15 is 0 Å². The highest BCUT2D eigenvalue weighted by Crippen LogP contribution is 2.36. The summed E-state index contributed by atoms with van der Waals surface area (Å²) in [7, 11) is 1.50. The normalized spacial score (nSPS) is 10.2. The molecule has 0 radical (unpaired) electrons. The lowest BCUT2D eigenvalue weighted by molar-refractivity contribution is -0.142. The summed E-state index contributed by atoms with van der Waals surface area (Å²) in [5.74, 6) is -0.353. The monoisotopic (exact) mass is 389 g/mol. The van der Waals surface area contributed by atoms with Crippen molar-refractivity contribution in [1.82, 2.24) is 5.32 Å². The van der Waals surface area contributed by atoms with E-state index in [1.807, 2.05) is 6.92 Å². The van der Waals surface area contributed by atoms with Crippen molar-refractivity contribution in [2.75, 3.05) is 33.5 Å². The second kappa shape index (κ2) is 10.1. The molecule has 128 valence electrons. The van der Waals surface area contributed by atoms with Crippen molar-refractivity contribution >= 4 is 27.8 Å². The van der Waals surface area contributed by atoms with E-state index in [1.54, 1.807) is 12.1 Å². The molecule has 0 aliphatic heterocycles. The van der Waals surface area contributed by atoms with Crippen LogP contribution in [0.25, 0.3) is 0 Å². The molecule has 0 aliphatic rings. The SMILES string of the molecule is CCCOc1c(Br)cc(C(=O)NCCOCC(=O)O)cc1OC. The van der Waals surface area contributed by atoms with Crippen LogP contribution in [0, 0.1) is 0 Å². The van der Waals surface area contributed by atoms with Crippen molar-refractivity contribution in [1.29, 1.82) is 0 Å². The van der Waals surface area contributed by atoms with Gasteiger partial charge < -0.3 is 24.6 Å². The number of carbonyl (C=O) groups is 2. The van der Waals surface area contributed by atoms with Gasteiger partial charge in [0.1, 0.15) is 6.61 Å². The highest BCUT2D eigenvalue weighted by atomic mass is 79.9. The predicted molar refractivity (Wildman–Crippen MR) is 87.3 cm³/mol. The Hall–Kier alpha value is -1.80. The first-order chi connectivity index (χ1) is 11.0. The van der Waals surface area contributed by atoms with Gasteiger partial charge in [-0.3, -0.25) is 4.79 Å². The predicted octanol–water partition coefficient (Wildman–Crippen LogP) is 2.08. The molecular weight excluding hydrogens is 370 g/mol. The van der Waals surface area contributed by atoms with Crippen molar-refractivity contribution in [3.05, 3.63) is 22.2 Å². The molecule has 0 aliphatic carbocycles. The van der Waals surface area contributed by atoms with E-state index in [4.69, 9.17) is 19.3 Å². The third kappa shape index (κ3) is 6.45. The van der Waals surface area contributed by atoms with Crippen LogP contribution in [0.1, 0.15) is 23.7 Å². The smallest absolute Gasteiger partial charge is 0.329 e. The van der Waals surface area contributed by atoms with E-state index in [1.165, 1.54) is 7.11 Å². The Bertz CT molecular complexity index is 549. The number of carbonyl (C=O) groups excluding carboxylic acids is 1. The van der Waals surface area contributed by atoms with E-state index in [2.05, 4.69) is 21.2 Å². The van der Waals surface area contributed by atoms with Crippen molar-refractivity contribution in [2.24, 2.45) is 0 Å². The van der Waals surface area contributed by atoms with Gasteiger partial charge in [-0.05, 0) is 34.5 Å². The molecule has 0 bridgehead atoms. The fourth-order valence-electron chi connectivity index (χ4n) is 1.69. The number of nitrogens with one attached hydrogen (secondary N) is 1. The van der Waals surface area contributed by atoms with Gasteiger partial charge in [0.15, 0.2) is 11.5 Å². The lowest BCUT2D eigenvalue weighted by atomic mass is 10.2. The molecule has 0 saturated heterocycles. The molecule has 7 nitrogen and oxygen atoms in total. The summed E-state index contributed by atoms with van der Waals surface area (Å²) in [6, 6.07) is 3.23. The van der Waals surface area contributed by atoms with Crippen LogP contribution in [-0.2, 0) is 9.53 Å². The zero-order chi connectivity index (χ0) is 17.2. The van der Waals surface area contributed by atoms with E-state index in [-0.39, 0.29) is 19.1 Å². The zero-order valence-electron chi connectivity index (χ0n) is 13.1. The molecule has 0 saturated carbocycles. The van der Waals surface area contributed by atoms with E-state index in [9.17, 15) is 9.59 Å². The summed E-state index contributed by atoms with van der Waals surface area (Å²) >= 11 is 3.37. The average molecular weight is 390 g/mol. The van der Waals surface area contributed by atoms with Gasteiger partial charge in [-0.25, -0.2) is 4.79 Å². The summed E-state index contributed by atoms with van der Waals surface area (Å²) in [5.41, 5.74) is 0.399. The quantitative estimate of drug-likeness (QED) is 0.594. The third-order valence-electron chi connectivity index (χ3n) is 2.70. The van der Waals surface area contributed by atoms with Gasteiger partial charge in [-0.15, -0.1) is 0 Å². The standard InChI is InChI=1S/C15H20BrNO6/c1-3-5-23-14-11(16)7-10(8-12(14)21-2)15(20)17-4-6-22-9-13(18)19/h7-8H,3-6,9H2,1-2H3,(H,17,20)(H,18,19). The van der Waals surface area contributed by atoms with E-state index in [0.717, 1.165) is 6.42 Å². The number of hydrogen-bond donors (Lipinski definition) is 2. The molecule has 0 aromatic heterocycles. The number of carboxylic acid groups (broad SMARTS) is 1. The Balaban J connectivity index is 2.66. The molecule has 8 heteroatoms. The van der Waals surface area contributed by atoms with Crippen molar-refractivity contribution in [3.8, 4) is 11.5 Å². The van der Waals surface area contributed by atoms with Gasteiger partial charge in [-0.2, -0.15) is 0 Å². The number of ether oxygens (including phenoxy) is 3. The lowest BCUT2D eigenvalue weighted by Crippen LogP contribution is -2.28. The molecule has 23 heavy (non-hydrogen) atoms. The maximum atomic E-state index is 12.1. The molecular formula is C15H20BrNO6. The van der Waals surface area contributed by atoms with Crippen LogP contribution in [0.2, 0.25) is 0 Å². The van der Waals surface area contributed by atoms with Crippen molar-refractivity contribution < 1.29 is 28.9 Å². The minimum Gasteiger partial charge on any atom is -0.493 e. The fourth-order valence-corrected chi connectivity index (χ4v) is 2.25. The summed E-state index contributed by atoms with van der Waals surface area (Å²) in [4.78, 5) is 22.4. The zero-order valence-corrected chi connectivity index (χ0v) is 14.6. The Morgan fingerprint density at radius 1 is 1.30 bits per heavy atom. The maximum absolute atomic E-state index is 12.1. The molecule has 1 aromatic carbocycles. The van der Waals surface area contributed by atoms with Gasteiger partial charge in [0.25, 0.3) is 5.91 Å². The number of halogens is 1. The molecule has 0 atom stereocenters. The highest BCUT2D eigenvalue weighted by Gasteiger charge is 2.15. The average Bonchev–Trinajstić information content (AvgIpc) is 2.52. The molecule has 1 aromatic rings. The first-order valence-corrected chi connectivity index (χ1v) is 7.87. The summed E-state index contributed by atoms with van der Waals surface area (Å²) in [6.45, 7) is 2.48. The van der Waals surface area contributed by atoms with Crippen molar-refractivity contribution in [3.63, 3.8) is 0 Å². The number of methoxy groups -OCH3 is 1. The number of carboxylic acids is 1. The third-order valence-corrected chi connectivity index (χ3v) is 3.29. The Morgan fingerprint density at radius 3 is 2.65 bits per heavy atom. The molecule has 1 rings (SSSR count). The molecule has 2 N–H and O–H groups in total. The Morgan fingerprint density at radius 2 is 2.04 bits per heavy atom. The van der Waals surface area contributed by atoms with Crippen LogP contribution < -0.4 is 14.8 Å². The second-order valence-corrected chi connectivity index (χ2v) is 5.39. The topological polar surface area (TPSA) is 94.1 Å². The van der Waals surface area contributed by atoms with Crippen LogP contribution >= 0.6 is 15.9 Å². The van der Waals surface area contributed by atoms with Gasteiger partial charge in [0.05, 0.1) is 24.8 Å². The van der Waals surface area contributed by atoms with Gasteiger partial charge in [0.2, 0.25) is 0 Å². The van der Waals surface area contributed by atoms with Crippen LogP contribution in [0.15, 0.2) is 16.6 Å². The second-order valence-electron chi connectivity index (χ2n) is 4.54. The minimum atomic E-state index is -1.05. The van der Waals surface area contributed by atoms with Crippen LogP contribution in [0.3, 0.4) is 0 Å². The lowest BCUT2D eigenvalue weighted by Gasteiger charge is -2.14. The number of aliphatic carboxylic acids is 1. The molecule has 1 amide bonds.